The maximum absolute atomic E-state index is 16.9. The van der Waals surface area contributed by atoms with E-state index in [-0.39, 0.29) is 73.8 Å². The normalized spacial score (nSPS) is 21.6. The van der Waals surface area contributed by atoms with Gasteiger partial charge in [0.25, 0.3) is 6.01 Å². The molecule has 84 heavy (non-hydrogen) atoms. The van der Waals surface area contributed by atoms with Gasteiger partial charge in [-0.3, -0.25) is 14.7 Å². The van der Waals surface area contributed by atoms with Crippen molar-refractivity contribution >= 4 is 56.2 Å². The van der Waals surface area contributed by atoms with Crippen LogP contribution >= 0.6 is 11.6 Å². The number of piperazine rings is 2. The fraction of sp³-hybridized carbons (Fsp3) is 0.467. The molecule has 3 aromatic carbocycles. The second-order valence-electron chi connectivity index (χ2n) is 21.5. The first-order valence-electron chi connectivity index (χ1n) is 28.6. The Morgan fingerprint density at radius 3 is 2.39 bits per heavy atom. The number of halogens is 3. The van der Waals surface area contributed by atoms with Gasteiger partial charge in [0, 0.05) is 93.8 Å². The van der Waals surface area contributed by atoms with Crippen LogP contribution in [0.4, 0.5) is 14.6 Å². The number of hydrogen-bond donors (Lipinski definition) is 4. The van der Waals surface area contributed by atoms with Crippen LogP contribution in [-0.2, 0) is 28.5 Å². The molecule has 0 saturated carbocycles. The number of imidazole rings is 1. The number of aromatic amines is 1. The highest BCUT2D eigenvalue weighted by molar-refractivity contribution is 6.33. The van der Waals surface area contributed by atoms with Crippen molar-refractivity contribution in [2.75, 3.05) is 130 Å². The highest BCUT2D eigenvalue weighted by atomic mass is 35.5. The smallest absolute Gasteiger partial charge is 0.319 e. The molecule has 6 atom stereocenters. The molecule has 0 aliphatic carbocycles. The number of nitrogens with one attached hydrogen (secondary N) is 3. The quantitative estimate of drug-likeness (QED) is 0.0428. The lowest BCUT2D eigenvalue weighted by atomic mass is 9.96. The molecular formula is C60H66ClF2N11O10. The summed E-state index contributed by atoms with van der Waals surface area (Å²) in [5.74, 6) is 2.19. The van der Waals surface area contributed by atoms with Gasteiger partial charge >= 0.3 is 6.01 Å². The number of pyridine rings is 2. The van der Waals surface area contributed by atoms with Crippen molar-refractivity contribution in [1.29, 1.82) is 0 Å². The molecular weight excluding hydrogens is 1110 g/mol. The molecule has 7 aromatic rings. The van der Waals surface area contributed by atoms with Crippen molar-refractivity contribution in [3.05, 3.63) is 89.1 Å². The summed E-state index contributed by atoms with van der Waals surface area (Å²) >= 11 is 6.63. The Morgan fingerprint density at radius 2 is 1.60 bits per heavy atom. The van der Waals surface area contributed by atoms with Gasteiger partial charge in [-0.05, 0) is 61.0 Å². The topological polar surface area (TPSA) is 225 Å². The van der Waals surface area contributed by atoms with Gasteiger partial charge in [0.15, 0.2) is 17.6 Å². The Morgan fingerprint density at radius 1 is 0.833 bits per heavy atom. The minimum Gasteiger partial charge on any atom is -0.492 e. The lowest BCUT2D eigenvalue weighted by Crippen LogP contribution is -2.51. The molecule has 442 valence electrons. The highest BCUT2D eigenvalue weighted by Gasteiger charge is 2.49. The van der Waals surface area contributed by atoms with E-state index in [1.54, 1.807) is 42.6 Å². The second kappa shape index (κ2) is 26.5. The van der Waals surface area contributed by atoms with Crippen LogP contribution in [-0.4, -0.2) is 212 Å². The molecule has 4 aromatic heterocycles. The van der Waals surface area contributed by atoms with Gasteiger partial charge in [-0.25, -0.2) is 13.8 Å². The summed E-state index contributed by atoms with van der Waals surface area (Å²) in [6.07, 6.45) is 8.52. The van der Waals surface area contributed by atoms with Crippen LogP contribution < -0.4 is 29.7 Å². The molecule has 6 unspecified atom stereocenters. The molecule has 2 bridgehead atoms. The minimum atomic E-state index is -0.675. The van der Waals surface area contributed by atoms with Gasteiger partial charge in [-0.2, -0.15) is 15.0 Å². The number of terminal acetylenes is 1. The van der Waals surface area contributed by atoms with Crippen molar-refractivity contribution in [3.8, 4) is 52.6 Å². The number of amides is 1. The van der Waals surface area contributed by atoms with Crippen molar-refractivity contribution in [2.45, 2.75) is 55.8 Å². The number of anilines is 1. The van der Waals surface area contributed by atoms with Crippen LogP contribution in [0.1, 0.15) is 24.8 Å². The predicted octanol–water partition coefficient (Wildman–Crippen LogP) is 5.17. The molecule has 12 rings (SSSR count). The number of benzene rings is 3. The molecule has 4 N–H and O–H groups in total. The Labute approximate surface area is 488 Å². The molecule has 24 heteroatoms. The number of H-pyrrole nitrogens is 1. The zero-order valence-electron chi connectivity index (χ0n) is 46.3. The summed E-state index contributed by atoms with van der Waals surface area (Å²) in [6, 6.07) is 18.3. The Kier molecular flexibility index (Phi) is 18.2. The van der Waals surface area contributed by atoms with E-state index in [1.807, 2.05) is 18.2 Å². The molecule has 5 aliphatic rings. The van der Waals surface area contributed by atoms with Gasteiger partial charge in [0.05, 0.1) is 73.4 Å². The van der Waals surface area contributed by atoms with Crippen molar-refractivity contribution < 1.29 is 56.6 Å². The number of hydrogen-bond acceptors (Lipinski definition) is 19. The Hall–Kier alpha value is -6.95. The summed E-state index contributed by atoms with van der Waals surface area (Å²) < 4.78 is 78.2. The van der Waals surface area contributed by atoms with Crippen LogP contribution in [0.25, 0.3) is 55.4 Å². The highest BCUT2D eigenvalue weighted by Crippen LogP contribution is 2.38. The van der Waals surface area contributed by atoms with Crippen molar-refractivity contribution in [2.24, 2.45) is 0 Å². The molecule has 1 amide bonds. The van der Waals surface area contributed by atoms with Crippen LogP contribution in [0, 0.1) is 24.0 Å². The lowest BCUT2D eigenvalue weighted by molar-refractivity contribution is -0.126. The predicted molar refractivity (Wildman–Crippen MR) is 308 cm³/mol. The average Bonchev–Trinajstić information content (AvgIpc) is 2.78. The number of nitrogens with zero attached hydrogens (tertiary/aromatic N) is 8. The molecule has 21 nitrogen and oxygen atoms in total. The van der Waals surface area contributed by atoms with Gasteiger partial charge in [-0.15, -0.1) is 6.42 Å². The van der Waals surface area contributed by atoms with Crippen molar-refractivity contribution in [1.82, 2.24) is 50.3 Å². The number of aromatic nitrogens is 6. The van der Waals surface area contributed by atoms with Gasteiger partial charge in [-0.1, -0.05) is 41.8 Å². The molecule has 0 spiro atoms. The molecule has 5 aliphatic heterocycles. The zero-order chi connectivity index (χ0) is 57.5. The second-order valence-corrected chi connectivity index (χ2v) is 21.9. The fourth-order valence-electron chi connectivity index (χ4n) is 11.6. The van der Waals surface area contributed by atoms with E-state index in [2.05, 4.69) is 56.2 Å². The summed E-state index contributed by atoms with van der Waals surface area (Å²) in [7, 11) is 0. The summed E-state index contributed by atoms with van der Waals surface area (Å²) in [4.78, 5) is 45.7. The summed E-state index contributed by atoms with van der Waals surface area (Å²) in [6.45, 7) is 9.98. The number of rotatable bonds is 25. The van der Waals surface area contributed by atoms with Crippen LogP contribution in [0.15, 0.2) is 66.9 Å². The van der Waals surface area contributed by atoms with Crippen molar-refractivity contribution in [3.63, 3.8) is 0 Å². The molecule has 5 fully saturated rings. The summed E-state index contributed by atoms with van der Waals surface area (Å²) in [5, 5.41) is 18.5. The third-order valence-corrected chi connectivity index (χ3v) is 16.2. The number of aliphatic hydroxyl groups excluding tert-OH is 1. The number of fused-ring (bicyclic) bond motifs is 6. The monoisotopic (exact) mass is 1170 g/mol. The van der Waals surface area contributed by atoms with E-state index in [0.717, 1.165) is 70.6 Å². The Balaban J connectivity index is 0.506. The zero-order valence-corrected chi connectivity index (χ0v) is 47.0. The van der Waals surface area contributed by atoms with Crippen LogP contribution in [0.3, 0.4) is 0 Å². The standard InChI is InChI=1S/C60H66ClF2N11O10/c1-2-41-45(62)14-9-36-5-3-6-42(50(36)41)53-51(63)54-43(30-65-53)58(74-31-38-10-11-39(32-74)66-38)71-59(69-54)81-24-21-73-19-17-72(18-20-73)16-4-22-77-25-26-78-27-28-79-35-49(76)64-15-23-80-40-12-7-37(8-13-40)52-44(61)29-46-57(68-52)70-60(67-46)84-48-34-83-55-47(75)33-82-56(48)55/h1,3,5-9,12-14,29-30,38-39,47-48,55-56,66,75H,4,10-11,15-28,31-35H2,(H,64,76)(H,67,68,70). The van der Waals surface area contributed by atoms with E-state index in [4.69, 9.17) is 60.9 Å². The van der Waals surface area contributed by atoms with E-state index in [1.165, 1.54) is 6.07 Å². The first-order chi connectivity index (χ1) is 41.1. The van der Waals surface area contributed by atoms with Crippen LogP contribution in [0.2, 0.25) is 5.02 Å². The first kappa shape index (κ1) is 57.5. The minimum absolute atomic E-state index is 0.0266. The molecule has 5 saturated heterocycles. The Bertz CT molecular complexity index is 3490. The number of aliphatic hydroxyl groups is 1. The van der Waals surface area contributed by atoms with Gasteiger partial charge in [0.1, 0.15) is 66.7 Å². The SMILES string of the molecule is C#Cc1c(F)ccc2cccc(-c3ncc4c(N5CC6CCC(C5)N6)nc(OCCN5CCN(CCCOCCOCCOCC(=O)NCCOc6ccc(-c7nc8nc(OC9COC%10C(O)COC9%10)[nH]c8cc7Cl)cc6)CC5)nc4c3F)c12. The maximum Gasteiger partial charge on any atom is 0.319 e. The van der Waals surface area contributed by atoms with E-state index < -0.39 is 29.9 Å². The third kappa shape index (κ3) is 13.1. The van der Waals surface area contributed by atoms with Gasteiger partial charge in [0.2, 0.25) is 5.91 Å². The summed E-state index contributed by atoms with van der Waals surface area (Å²) in [5.41, 5.74) is 2.90. The fourth-order valence-corrected chi connectivity index (χ4v) is 11.9. The van der Waals surface area contributed by atoms with E-state index in [0.29, 0.717) is 113 Å². The molecule has 0 radical (unpaired) electrons. The maximum atomic E-state index is 16.9. The largest absolute Gasteiger partial charge is 0.492 e. The lowest BCUT2D eigenvalue weighted by Gasteiger charge is -2.35. The third-order valence-electron chi connectivity index (χ3n) is 15.9. The number of carbonyl (C=O) groups is 1. The number of carbonyl (C=O) groups excluding carboxylic acids is 1. The average molecular weight is 1170 g/mol. The van der Waals surface area contributed by atoms with E-state index in [9.17, 15) is 14.3 Å². The first-order valence-corrected chi connectivity index (χ1v) is 29.0. The van der Waals surface area contributed by atoms with Gasteiger partial charge < -0.3 is 68.4 Å². The molecule has 9 heterocycles. The van der Waals surface area contributed by atoms with E-state index >= 15 is 4.39 Å². The number of ether oxygens (including phenoxy) is 8. The van der Waals surface area contributed by atoms with Crippen LogP contribution in [0.5, 0.6) is 17.8 Å².